The van der Waals surface area contributed by atoms with E-state index >= 15 is 0 Å². The van der Waals surface area contributed by atoms with E-state index in [1.165, 1.54) is 87.1 Å². The first-order valence-corrected chi connectivity index (χ1v) is 29.6. The van der Waals surface area contributed by atoms with E-state index < -0.39 is 0 Å². The molecule has 4 nitrogen and oxygen atoms in total. The zero-order valence-corrected chi connectivity index (χ0v) is 50.3. The first kappa shape index (κ1) is 51.9. The van der Waals surface area contributed by atoms with Gasteiger partial charge in [0.05, 0.1) is 0 Å². The van der Waals surface area contributed by atoms with Gasteiger partial charge in [0.25, 0.3) is 0 Å². The van der Waals surface area contributed by atoms with Crippen LogP contribution in [0.2, 0.25) is 0 Å². The molecule has 0 saturated carbocycles. The van der Waals surface area contributed by atoms with E-state index in [2.05, 4.69) is 294 Å². The van der Waals surface area contributed by atoms with Gasteiger partial charge in [-0.2, -0.15) is 0 Å². The molecule has 0 fully saturated rings. The number of fused-ring (bicyclic) bond motifs is 11. The molecule has 13 rings (SSSR count). The minimum atomic E-state index is -0.186. The predicted octanol–water partition coefficient (Wildman–Crippen LogP) is 20.6. The Morgan fingerprint density at radius 2 is 0.900 bits per heavy atom. The molecule has 2 aliphatic rings. The molecule has 2 aliphatic heterocycles. The lowest BCUT2D eigenvalue weighted by Gasteiger charge is -2.46. The van der Waals surface area contributed by atoms with E-state index in [-0.39, 0.29) is 33.9 Å². The van der Waals surface area contributed by atoms with Gasteiger partial charge in [-0.15, -0.1) is 11.3 Å². The van der Waals surface area contributed by atoms with Crippen LogP contribution < -0.4 is 25.5 Å². The van der Waals surface area contributed by atoms with Crippen molar-refractivity contribution in [3.8, 4) is 11.1 Å². The van der Waals surface area contributed by atoms with Gasteiger partial charge in [-0.05, 0) is 157 Å². The van der Waals surface area contributed by atoms with Crippen molar-refractivity contribution in [1.29, 1.82) is 0 Å². The molecule has 0 amide bonds. The minimum absolute atomic E-state index is 0.00345. The van der Waals surface area contributed by atoms with Crippen molar-refractivity contribution in [3.63, 3.8) is 0 Å². The van der Waals surface area contributed by atoms with Gasteiger partial charge in [-0.3, -0.25) is 0 Å². The first-order valence-electron chi connectivity index (χ1n) is 28.8. The molecule has 4 heterocycles. The summed E-state index contributed by atoms with van der Waals surface area (Å²) in [6.45, 7) is 34.4. The zero-order valence-electron chi connectivity index (χ0n) is 49.5. The topological polar surface area (TPSA) is 22.9 Å². The third-order valence-corrected chi connectivity index (χ3v) is 18.4. The highest BCUT2D eigenvalue weighted by atomic mass is 32.1. The molecule has 0 aliphatic carbocycles. The number of hydrogen-bond acceptors (Lipinski definition) is 5. The summed E-state index contributed by atoms with van der Waals surface area (Å²) < 4.78 is 9.75. The van der Waals surface area contributed by atoms with E-state index in [9.17, 15) is 0 Å². The smallest absolute Gasteiger partial charge is 0.333 e. The Labute approximate surface area is 478 Å². The molecule has 0 atom stereocenters. The number of rotatable bonds is 5. The van der Waals surface area contributed by atoms with Crippen LogP contribution in [0, 0.1) is 0 Å². The van der Waals surface area contributed by atoms with Crippen LogP contribution in [0.1, 0.15) is 132 Å². The summed E-state index contributed by atoms with van der Waals surface area (Å²) in [4.78, 5) is 7.65. The van der Waals surface area contributed by atoms with E-state index in [1.54, 1.807) is 0 Å². The minimum Gasteiger partial charge on any atom is -0.455 e. The molecular weight excluding hydrogens is 990 g/mol. The van der Waals surface area contributed by atoms with Crippen molar-refractivity contribution in [3.05, 3.63) is 204 Å². The van der Waals surface area contributed by atoms with Crippen LogP contribution in [0.25, 0.3) is 53.2 Å². The SMILES string of the molecule is CC(C)(C)c1ccc(N2B3c4cc(C(C)(C)C)ccc4N(c4ccc(C(C)(C)C)cc4)c4cc5c(oc6ccccc65)c(c43)-c3cc4c(cc32)sc2cc(N(c3ccc(C(C)(C)C)cc3)c3ccc(C(C)(C)C)cc3)ccc24)cc1. The molecule has 400 valence electrons. The maximum absolute atomic E-state index is 7.25. The highest BCUT2D eigenvalue weighted by Crippen LogP contribution is 2.54. The lowest BCUT2D eigenvalue weighted by atomic mass is 9.43. The van der Waals surface area contributed by atoms with E-state index in [0.29, 0.717) is 0 Å². The number of nitrogens with zero attached hydrogens (tertiary/aromatic N) is 3. The van der Waals surface area contributed by atoms with E-state index in [4.69, 9.17) is 4.42 Å². The maximum atomic E-state index is 7.25. The van der Waals surface area contributed by atoms with Gasteiger partial charge in [0.15, 0.2) is 0 Å². The second-order valence-electron chi connectivity index (χ2n) is 28.0. The molecular formula is C74H74BN3OS. The molecule has 80 heavy (non-hydrogen) atoms. The number of thiophene rings is 1. The molecule has 0 saturated heterocycles. The van der Waals surface area contributed by atoms with Gasteiger partial charge >= 0.3 is 6.85 Å². The summed E-state index contributed by atoms with van der Waals surface area (Å²) in [6.07, 6.45) is 0. The van der Waals surface area contributed by atoms with Gasteiger partial charge < -0.3 is 19.0 Å². The quantitative estimate of drug-likeness (QED) is 0.160. The molecule has 6 heteroatoms. The second kappa shape index (κ2) is 18.0. The van der Waals surface area contributed by atoms with Crippen LogP contribution in [-0.2, 0) is 27.1 Å². The second-order valence-corrected chi connectivity index (χ2v) is 29.0. The summed E-state index contributed by atoms with van der Waals surface area (Å²) in [5.41, 5.74) is 22.6. The highest BCUT2D eigenvalue weighted by molar-refractivity contribution is 7.26. The van der Waals surface area contributed by atoms with Crippen molar-refractivity contribution in [2.75, 3.05) is 14.6 Å². The van der Waals surface area contributed by atoms with Crippen LogP contribution in [-0.4, -0.2) is 6.85 Å². The van der Waals surface area contributed by atoms with E-state index in [1.807, 2.05) is 11.3 Å². The monoisotopic (exact) mass is 1060 g/mol. The lowest BCUT2D eigenvalue weighted by molar-refractivity contribution is 0.590. The van der Waals surface area contributed by atoms with Gasteiger partial charge in [0.2, 0.25) is 0 Å². The Balaban J connectivity index is 1.10. The molecule has 0 radical (unpaired) electrons. The standard InChI is InChI=1S/C74H74BN3OS/c1-70(2,3)45-20-29-50(30-21-45)76(51-31-22-46(23-32-51)71(4,5)6)54-37-38-56-57-42-59-62(44-66(57)80-65(56)41-54)78(53-35-26-48(27-36-53)73(10,11)12)75-60-40-49(74(13,14)15)28-39-61(60)77(52-33-24-47(25-34-52)72(7,8)9)63-43-58-55-18-16-17-19-64(55)79-69(58)67(59)68(63)75/h16-44H,1-15H3. The van der Waals surface area contributed by atoms with Crippen LogP contribution in [0.3, 0.4) is 0 Å². The Bertz CT molecular complexity index is 4180. The maximum Gasteiger partial charge on any atom is 0.333 e. The molecule has 2 aromatic heterocycles. The third-order valence-electron chi connectivity index (χ3n) is 17.2. The third kappa shape index (κ3) is 8.55. The molecule has 0 spiro atoms. The zero-order chi connectivity index (χ0) is 56.2. The van der Waals surface area contributed by atoms with Gasteiger partial charge in [0, 0.05) is 87.6 Å². The normalized spacial score (nSPS) is 13.9. The van der Waals surface area contributed by atoms with Gasteiger partial charge in [-0.25, -0.2) is 0 Å². The molecule has 11 aromatic rings. The van der Waals surface area contributed by atoms with Crippen LogP contribution in [0.15, 0.2) is 180 Å². The average molecular weight is 1060 g/mol. The fourth-order valence-electron chi connectivity index (χ4n) is 12.5. The van der Waals surface area contributed by atoms with Crippen LogP contribution in [0.4, 0.5) is 45.5 Å². The van der Waals surface area contributed by atoms with E-state index in [0.717, 1.165) is 50.4 Å². The lowest BCUT2D eigenvalue weighted by Crippen LogP contribution is -2.61. The number of hydrogen-bond donors (Lipinski definition) is 0. The molecule has 0 unspecified atom stereocenters. The fourth-order valence-corrected chi connectivity index (χ4v) is 13.7. The highest BCUT2D eigenvalue weighted by Gasteiger charge is 2.47. The number of benzene rings is 9. The molecule has 9 aromatic carbocycles. The Morgan fingerprint density at radius 1 is 0.400 bits per heavy atom. The van der Waals surface area contributed by atoms with Crippen molar-refractivity contribution in [2.45, 2.75) is 131 Å². The number of furan rings is 1. The summed E-state index contributed by atoms with van der Waals surface area (Å²) in [7, 11) is 0. The number of para-hydroxylation sites is 1. The van der Waals surface area contributed by atoms with Crippen LogP contribution in [0.5, 0.6) is 0 Å². The van der Waals surface area contributed by atoms with Gasteiger partial charge in [-0.1, -0.05) is 189 Å². The summed E-state index contributed by atoms with van der Waals surface area (Å²) in [6, 6.07) is 67.6. The summed E-state index contributed by atoms with van der Waals surface area (Å²) in [5, 5.41) is 4.74. The first-order chi connectivity index (χ1) is 37.8. The molecule has 0 N–H and O–H groups in total. The van der Waals surface area contributed by atoms with Crippen molar-refractivity contribution < 1.29 is 4.42 Å². The van der Waals surface area contributed by atoms with Gasteiger partial charge in [0.1, 0.15) is 11.2 Å². The Hall–Kier alpha value is -7.54. The fraction of sp³-hybridized carbons (Fsp3) is 0.270. The van der Waals surface area contributed by atoms with Crippen molar-refractivity contribution in [2.24, 2.45) is 0 Å². The van der Waals surface area contributed by atoms with Crippen molar-refractivity contribution >= 4 is 117 Å². The summed E-state index contributed by atoms with van der Waals surface area (Å²) >= 11 is 1.89. The Morgan fingerprint density at radius 3 is 1.46 bits per heavy atom. The van der Waals surface area contributed by atoms with Crippen molar-refractivity contribution in [1.82, 2.24) is 0 Å². The van der Waals surface area contributed by atoms with Crippen LogP contribution >= 0.6 is 11.3 Å². The summed E-state index contributed by atoms with van der Waals surface area (Å²) in [5.74, 6) is 0. The largest absolute Gasteiger partial charge is 0.455 e. The molecule has 0 bridgehead atoms. The Kier molecular flexibility index (Phi) is 11.7. The predicted molar refractivity (Wildman–Crippen MR) is 349 cm³/mol. The number of anilines is 8. The average Bonchev–Trinajstić information content (AvgIpc) is 3.56.